The van der Waals surface area contributed by atoms with Gasteiger partial charge in [-0.25, -0.2) is 9.97 Å². The van der Waals surface area contributed by atoms with E-state index in [0.717, 1.165) is 22.5 Å². The second-order valence-electron chi connectivity index (χ2n) is 3.35. The third kappa shape index (κ3) is 1.38. The lowest BCUT2D eigenvalue weighted by Crippen LogP contribution is -1.95. The van der Waals surface area contributed by atoms with E-state index in [1.54, 1.807) is 34.9 Å². The van der Waals surface area contributed by atoms with Crippen molar-refractivity contribution in [2.24, 2.45) is 0 Å². The maximum Gasteiger partial charge on any atom is 0.151 e. The highest BCUT2D eigenvalue weighted by molar-refractivity contribution is 7.18. The van der Waals surface area contributed by atoms with Gasteiger partial charge in [-0.2, -0.15) is 0 Å². The highest BCUT2D eigenvalue weighted by Crippen LogP contribution is 2.27. The zero-order chi connectivity index (χ0) is 11.0. The van der Waals surface area contributed by atoms with Crippen molar-refractivity contribution in [2.45, 2.75) is 13.3 Å². The third-order valence-electron chi connectivity index (χ3n) is 2.37. The summed E-state index contributed by atoms with van der Waals surface area (Å²) in [5.41, 5.74) is 0. The van der Waals surface area contributed by atoms with Crippen LogP contribution in [0.4, 0.5) is 0 Å². The number of hydrogen-bond donors (Lipinski definition) is 0. The monoisotopic (exact) mass is 231 g/mol. The summed E-state index contributed by atoms with van der Waals surface area (Å²) in [5.74, 6) is 0.839. The third-order valence-corrected chi connectivity index (χ3v) is 3.56. The molecule has 0 atom stereocenters. The van der Waals surface area contributed by atoms with Crippen LogP contribution < -0.4 is 0 Å². The van der Waals surface area contributed by atoms with E-state index < -0.39 is 0 Å². The Hall–Kier alpha value is -1.82. The standard InChI is InChI=1S/C10H9N5S/c1-2-7-3-8-9(15-5-13-14-6-15)11-4-12-10(8)16-7/h3-6H,2H2,1H3. The Bertz CT molecular complexity index is 613. The van der Waals surface area contributed by atoms with Gasteiger partial charge >= 0.3 is 0 Å². The smallest absolute Gasteiger partial charge is 0.151 e. The van der Waals surface area contributed by atoms with Gasteiger partial charge in [0.2, 0.25) is 0 Å². The van der Waals surface area contributed by atoms with E-state index >= 15 is 0 Å². The minimum Gasteiger partial charge on any atom is -0.271 e. The molecule has 0 aliphatic heterocycles. The maximum absolute atomic E-state index is 4.28. The van der Waals surface area contributed by atoms with Gasteiger partial charge in [-0.3, -0.25) is 4.57 Å². The largest absolute Gasteiger partial charge is 0.271 e. The molecule has 0 saturated carbocycles. The van der Waals surface area contributed by atoms with Gasteiger partial charge in [0.05, 0.1) is 5.39 Å². The molecule has 0 aliphatic carbocycles. The second-order valence-corrected chi connectivity index (χ2v) is 4.47. The molecule has 0 aromatic carbocycles. The second kappa shape index (κ2) is 3.64. The molecular weight excluding hydrogens is 222 g/mol. The van der Waals surface area contributed by atoms with Gasteiger partial charge in [-0.15, -0.1) is 21.5 Å². The summed E-state index contributed by atoms with van der Waals surface area (Å²) in [5, 5.41) is 8.64. The average molecular weight is 231 g/mol. The van der Waals surface area contributed by atoms with Crippen LogP contribution in [0.2, 0.25) is 0 Å². The van der Waals surface area contributed by atoms with Crippen LogP contribution in [-0.2, 0) is 6.42 Å². The van der Waals surface area contributed by atoms with Gasteiger partial charge in [0.25, 0.3) is 0 Å². The normalized spacial score (nSPS) is 11.1. The van der Waals surface area contributed by atoms with Crippen molar-refractivity contribution >= 4 is 21.6 Å². The van der Waals surface area contributed by atoms with Crippen LogP contribution in [0, 0.1) is 0 Å². The molecule has 0 N–H and O–H groups in total. The molecule has 0 radical (unpaired) electrons. The molecule has 6 heteroatoms. The first-order valence-corrected chi connectivity index (χ1v) is 5.78. The van der Waals surface area contributed by atoms with Gasteiger partial charge in [0, 0.05) is 4.88 Å². The highest BCUT2D eigenvalue weighted by Gasteiger charge is 2.09. The lowest BCUT2D eigenvalue weighted by molar-refractivity contribution is 0.992. The number of thiophene rings is 1. The van der Waals surface area contributed by atoms with E-state index in [9.17, 15) is 0 Å². The molecule has 80 valence electrons. The number of rotatable bonds is 2. The van der Waals surface area contributed by atoms with Gasteiger partial charge in [-0.05, 0) is 12.5 Å². The Kier molecular flexibility index (Phi) is 2.14. The van der Waals surface area contributed by atoms with Crippen molar-refractivity contribution in [3.8, 4) is 5.82 Å². The minimum absolute atomic E-state index is 0.839. The van der Waals surface area contributed by atoms with Gasteiger partial charge in [0.15, 0.2) is 5.82 Å². The molecule has 5 nitrogen and oxygen atoms in total. The molecule has 3 aromatic heterocycles. The van der Waals surface area contributed by atoms with Crippen molar-refractivity contribution in [1.29, 1.82) is 0 Å². The van der Waals surface area contributed by atoms with Crippen LogP contribution in [0.5, 0.6) is 0 Å². The molecule has 0 bridgehead atoms. The zero-order valence-electron chi connectivity index (χ0n) is 8.66. The number of fused-ring (bicyclic) bond motifs is 1. The summed E-state index contributed by atoms with van der Waals surface area (Å²) >= 11 is 1.70. The minimum atomic E-state index is 0.839. The van der Waals surface area contributed by atoms with Crippen molar-refractivity contribution < 1.29 is 0 Å². The summed E-state index contributed by atoms with van der Waals surface area (Å²) in [6, 6.07) is 2.13. The number of hydrogen-bond acceptors (Lipinski definition) is 5. The fourth-order valence-corrected chi connectivity index (χ4v) is 2.51. The van der Waals surface area contributed by atoms with Crippen LogP contribution in [0.25, 0.3) is 16.0 Å². The van der Waals surface area contributed by atoms with Crippen molar-refractivity contribution in [3.63, 3.8) is 0 Å². The summed E-state index contributed by atoms with van der Waals surface area (Å²) < 4.78 is 1.80. The Balaban J connectivity index is 2.28. The lowest BCUT2D eigenvalue weighted by atomic mass is 10.3. The van der Waals surface area contributed by atoms with Crippen molar-refractivity contribution in [2.75, 3.05) is 0 Å². The van der Waals surface area contributed by atoms with Crippen LogP contribution in [0.3, 0.4) is 0 Å². The predicted molar refractivity (Wildman–Crippen MR) is 61.7 cm³/mol. The average Bonchev–Trinajstić information content (AvgIpc) is 2.97. The molecular formula is C10H9N5S. The summed E-state index contributed by atoms with van der Waals surface area (Å²) in [7, 11) is 0. The fourth-order valence-electron chi connectivity index (χ4n) is 1.58. The first-order chi connectivity index (χ1) is 7.88. The van der Waals surface area contributed by atoms with Crippen LogP contribution in [-0.4, -0.2) is 24.7 Å². The molecule has 16 heavy (non-hydrogen) atoms. The summed E-state index contributed by atoms with van der Waals surface area (Å²) in [4.78, 5) is 10.9. The molecule has 0 fully saturated rings. The van der Waals surface area contributed by atoms with Crippen molar-refractivity contribution in [1.82, 2.24) is 24.7 Å². The SMILES string of the molecule is CCc1cc2c(-n3cnnc3)ncnc2s1. The number of aromatic nitrogens is 5. The summed E-state index contributed by atoms with van der Waals surface area (Å²) in [6.07, 6.45) is 5.88. The maximum atomic E-state index is 4.28. The molecule has 0 spiro atoms. The van der Waals surface area contributed by atoms with Crippen molar-refractivity contribution in [3.05, 3.63) is 29.9 Å². The number of nitrogens with zero attached hydrogens (tertiary/aromatic N) is 5. The Labute approximate surface area is 95.8 Å². The molecule has 0 unspecified atom stereocenters. The van der Waals surface area contributed by atoms with E-state index in [-0.39, 0.29) is 0 Å². The van der Waals surface area contributed by atoms with Crippen LogP contribution in [0.1, 0.15) is 11.8 Å². The van der Waals surface area contributed by atoms with Crippen LogP contribution in [0.15, 0.2) is 25.0 Å². The Morgan fingerprint density at radius 1 is 1.25 bits per heavy atom. The van der Waals surface area contributed by atoms with E-state index in [1.807, 2.05) is 0 Å². The molecule has 3 rings (SSSR count). The van der Waals surface area contributed by atoms with E-state index in [1.165, 1.54) is 4.88 Å². The molecule has 0 saturated heterocycles. The first-order valence-electron chi connectivity index (χ1n) is 4.97. The van der Waals surface area contributed by atoms with Gasteiger partial charge in [0.1, 0.15) is 23.8 Å². The fraction of sp³-hybridized carbons (Fsp3) is 0.200. The topological polar surface area (TPSA) is 56.5 Å². The highest BCUT2D eigenvalue weighted by atomic mass is 32.1. The molecule has 3 aromatic rings. The first kappa shape index (κ1) is 9.41. The quantitative estimate of drug-likeness (QED) is 0.675. The van der Waals surface area contributed by atoms with E-state index in [4.69, 9.17) is 0 Å². The van der Waals surface area contributed by atoms with E-state index in [0.29, 0.717) is 0 Å². The Morgan fingerprint density at radius 3 is 2.81 bits per heavy atom. The lowest BCUT2D eigenvalue weighted by Gasteiger charge is -1.99. The van der Waals surface area contributed by atoms with E-state index in [2.05, 4.69) is 33.2 Å². The predicted octanol–water partition coefficient (Wildman–Crippen LogP) is 1.83. The number of aryl methyl sites for hydroxylation is 1. The zero-order valence-corrected chi connectivity index (χ0v) is 9.48. The molecule has 0 aliphatic rings. The Morgan fingerprint density at radius 2 is 2.06 bits per heavy atom. The van der Waals surface area contributed by atoms with Gasteiger partial charge < -0.3 is 0 Å². The van der Waals surface area contributed by atoms with Gasteiger partial charge in [-0.1, -0.05) is 6.92 Å². The molecule has 0 amide bonds. The molecule has 3 heterocycles. The summed E-state index contributed by atoms with van der Waals surface area (Å²) in [6.45, 7) is 2.14. The van der Waals surface area contributed by atoms with Crippen LogP contribution >= 0.6 is 11.3 Å².